The van der Waals surface area contributed by atoms with Crippen molar-refractivity contribution < 1.29 is 0 Å². The number of benzene rings is 1. The van der Waals surface area contributed by atoms with Gasteiger partial charge in [0.2, 0.25) is 0 Å². The summed E-state index contributed by atoms with van der Waals surface area (Å²) in [5.74, 6) is 1.49. The van der Waals surface area contributed by atoms with E-state index in [2.05, 4.69) is 19.9 Å². The lowest BCUT2D eigenvalue weighted by atomic mass is 10.2. The van der Waals surface area contributed by atoms with Crippen LogP contribution in [0, 0.1) is 0 Å². The Labute approximate surface area is 168 Å². The van der Waals surface area contributed by atoms with E-state index in [-0.39, 0.29) is 24.8 Å². The summed E-state index contributed by atoms with van der Waals surface area (Å²) in [5.41, 5.74) is 9.13. The Morgan fingerprint density at radius 2 is 1.60 bits per heavy atom. The first-order chi connectivity index (χ1) is 11.2. The summed E-state index contributed by atoms with van der Waals surface area (Å²) < 4.78 is 1.88. The Kier molecular flexibility index (Phi) is 8.52. The van der Waals surface area contributed by atoms with Crippen LogP contribution in [0.3, 0.4) is 0 Å². The predicted molar refractivity (Wildman–Crippen MR) is 109 cm³/mol. The zero-order valence-corrected chi connectivity index (χ0v) is 16.3. The maximum absolute atomic E-state index is 5.85. The molecule has 0 aliphatic rings. The Morgan fingerprint density at radius 1 is 0.960 bits per heavy atom. The van der Waals surface area contributed by atoms with Gasteiger partial charge in [0.15, 0.2) is 17.0 Å². The van der Waals surface area contributed by atoms with Gasteiger partial charge in [-0.1, -0.05) is 0 Å². The number of halogens is 4. The van der Waals surface area contributed by atoms with E-state index in [4.69, 9.17) is 28.9 Å². The number of hydrogen-bond acceptors (Lipinski definition) is 5. The fourth-order valence-electron chi connectivity index (χ4n) is 2.44. The minimum absolute atomic E-state index is 0. The molecule has 0 bridgehead atoms. The zero-order valence-electron chi connectivity index (χ0n) is 13.2. The molecule has 136 valence electrons. The molecular formula is C15H18Cl4N6. The SMILES string of the molecule is Cl.Cl.Nc1ncnc2c1ncn2-c1ccc(N(CCCl)CCCl)cc1. The first-order valence-electron chi connectivity index (χ1n) is 7.15. The average molecular weight is 424 g/mol. The van der Waals surface area contributed by atoms with Crippen LogP contribution in [-0.2, 0) is 0 Å². The molecule has 2 N–H and O–H groups in total. The van der Waals surface area contributed by atoms with Crippen molar-refractivity contribution in [2.24, 2.45) is 0 Å². The van der Waals surface area contributed by atoms with Crippen LogP contribution in [0.5, 0.6) is 0 Å². The third-order valence-corrected chi connectivity index (χ3v) is 3.90. The van der Waals surface area contributed by atoms with E-state index in [0.29, 0.717) is 28.7 Å². The van der Waals surface area contributed by atoms with Crippen LogP contribution in [-0.4, -0.2) is 44.4 Å². The Bertz CT molecular complexity index is 786. The van der Waals surface area contributed by atoms with E-state index in [1.165, 1.54) is 6.33 Å². The van der Waals surface area contributed by atoms with Crippen molar-refractivity contribution in [3.05, 3.63) is 36.9 Å². The molecule has 0 atom stereocenters. The lowest BCUT2D eigenvalue weighted by Crippen LogP contribution is -2.27. The Morgan fingerprint density at radius 3 is 2.20 bits per heavy atom. The van der Waals surface area contributed by atoms with Crippen LogP contribution in [0.2, 0.25) is 0 Å². The lowest BCUT2D eigenvalue weighted by molar-refractivity contribution is 0.873. The summed E-state index contributed by atoms with van der Waals surface area (Å²) in [6.45, 7) is 1.51. The molecule has 0 unspecified atom stereocenters. The van der Waals surface area contributed by atoms with Gasteiger partial charge in [-0.3, -0.25) is 4.57 Å². The van der Waals surface area contributed by atoms with Gasteiger partial charge >= 0.3 is 0 Å². The fraction of sp³-hybridized carbons (Fsp3) is 0.267. The van der Waals surface area contributed by atoms with Crippen LogP contribution in [0.4, 0.5) is 11.5 Å². The van der Waals surface area contributed by atoms with Crippen LogP contribution in [0.15, 0.2) is 36.9 Å². The Hall–Kier alpha value is -1.47. The minimum atomic E-state index is 0. The summed E-state index contributed by atoms with van der Waals surface area (Å²) >= 11 is 11.7. The molecule has 0 aliphatic heterocycles. The van der Waals surface area contributed by atoms with Crippen molar-refractivity contribution in [3.63, 3.8) is 0 Å². The van der Waals surface area contributed by atoms with Crippen molar-refractivity contribution in [2.75, 3.05) is 35.5 Å². The molecule has 6 nitrogen and oxygen atoms in total. The first kappa shape index (κ1) is 21.6. The number of aromatic nitrogens is 4. The number of rotatable bonds is 6. The second-order valence-electron chi connectivity index (χ2n) is 4.93. The van der Waals surface area contributed by atoms with Gasteiger partial charge in [0.25, 0.3) is 0 Å². The average Bonchev–Trinajstić information content (AvgIpc) is 3.00. The standard InChI is InChI=1S/C15H16Cl2N6.2ClH/c16-5-7-22(8-6-17)11-1-3-12(4-2-11)23-10-21-13-14(18)19-9-20-15(13)23;;/h1-4,9-10H,5-8H2,(H2,18,19,20);2*1H. The molecule has 0 aliphatic carbocycles. The van der Waals surface area contributed by atoms with Gasteiger partial charge in [-0.15, -0.1) is 48.0 Å². The van der Waals surface area contributed by atoms with Crippen molar-refractivity contribution in [1.29, 1.82) is 0 Å². The minimum Gasteiger partial charge on any atom is -0.382 e. The van der Waals surface area contributed by atoms with E-state index in [9.17, 15) is 0 Å². The molecule has 0 saturated heterocycles. The summed E-state index contributed by atoms with van der Waals surface area (Å²) in [6, 6.07) is 8.07. The molecule has 0 saturated carbocycles. The number of nitrogens with two attached hydrogens (primary N) is 1. The zero-order chi connectivity index (χ0) is 16.2. The number of nitrogens with zero attached hydrogens (tertiary/aromatic N) is 5. The third-order valence-electron chi connectivity index (χ3n) is 3.56. The smallest absolute Gasteiger partial charge is 0.170 e. The van der Waals surface area contributed by atoms with Gasteiger partial charge in [-0.25, -0.2) is 15.0 Å². The Balaban J connectivity index is 0.00000156. The first-order valence-corrected chi connectivity index (χ1v) is 8.22. The maximum atomic E-state index is 5.85. The number of alkyl halides is 2. The van der Waals surface area contributed by atoms with Crippen molar-refractivity contribution in [2.45, 2.75) is 0 Å². The second kappa shape index (κ2) is 9.87. The topological polar surface area (TPSA) is 72.9 Å². The van der Waals surface area contributed by atoms with Crippen molar-refractivity contribution in [1.82, 2.24) is 19.5 Å². The quantitative estimate of drug-likeness (QED) is 0.614. The molecular weight excluding hydrogens is 406 g/mol. The molecule has 0 spiro atoms. The summed E-state index contributed by atoms with van der Waals surface area (Å²) in [7, 11) is 0. The molecule has 2 heterocycles. The highest BCUT2D eigenvalue weighted by Crippen LogP contribution is 2.22. The molecule has 1 aromatic carbocycles. The van der Waals surface area contributed by atoms with Crippen LogP contribution in [0.25, 0.3) is 16.9 Å². The largest absolute Gasteiger partial charge is 0.382 e. The highest BCUT2D eigenvalue weighted by Gasteiger charge is 2.10. The van der Waals surface area contributed by atoms with Gasteiger partial charge in [0, 0.05) is 36.2 Å². The highest BCUT2D eigenvalue weighted by molar-refractivity contribution is 6.18. The van der Waals surface area contributed by atoms with E-state index < -0.39 is 0 Å². The number of imidazole rings is 1. The molecule has 3 rings (SSSR count). The summed E-state index contributed by atoms with van der Waals surface area (Å²) in [5, 5.41) is 0. The van der Waals surface area contributed by atoms with Gasteiger partial charge in [-0.2, -0.15) is 0 Å². The molecule has 25 heavy (non-hydrogen) atoms. The lowest BCUT2D eigenvalue weighted by Gasteiger charge is -2.23. The van der Waals surface area contributed by atoms with E-state index >= 15 is 0 Å². The van der Waals surface area contributed by atoms with Gasteiger partial charge in [0.05, 0.1) is 0 Å². The molecule has 0 radical (unpaired) electrons. The van der Waals surface area contributed by atoms with E-state index in [1.807, 2.05) is 28.8 Å². The van der Waals surface area contributed by atoms with Crippen molar-refractivity contribution in [3.8, 4) is 5.69 Å². The van der Waals surface area contributed by atoms with Gasteiger partial charge in [0.1, 0.15) is 12.7 Å². The van der Waals surface area contributed by atoms with Crippen LogP contribution >= 0.6 is 48.0 Å². The van der Waals surface area contributed by atoms with E-state index in [0.717, 1.165) is 24.5 Å². The van der Waals surface area contributed by atoms with Gasteiger partial charge < -0.3 is 10.6 Å². The fourth-order valence-corrected chi connectivity index (χ4v) is 2.85. The number of anilines is 2. The van der Waals surface area contributed by atoms with Crippen LogP contribution in [0.1, 0.15) is 0 Å². The molecule has 3 aromatic rings. The van der Waals surface area contributed by atoms with Crippen molar-refractivity contribution >= 4 is 70.7 Å². The maximum Gasteiger partial charge on any atom is 0.170 e. The predicted octanol–water partition coefficient (Wildman–Crippen LogP) is 3.53. The number of nitrogen functional groups attached to an aromatic ring is 1. The third kappa shape index (κ3) is 4.58. The number of hydrogen-bond donors (Lipinski definition) is 1. The molecule has 10 heteroatoms. The normalized spacial score (nSPS) is 10.2. The monoisotopic (exact) mass is 422 g/mol. The van der Waals surface area contributed by atoms with Crippen LogP contribution < -0.4 is 10.6 Å². The number of fused-ring (bicyclic) bond motifs is 1. The molecule has 0 amide bonds. The summed E-state index contributed by atoms with van der Waals surface area (Å²) in [4.78, 5) is 14.6. The van der Waals surface area contributed by atoms with Gasteiger partial charge in [-0.05, 0) is 24.3 Å². The second-order valence-corrected chi connectivity index (χ2v) is 5.68. The highest BCUT2D eigenvalue weighted by atomic mass is 35.5. The van der Waals surface area contributed by atoms with E-state index in [1.54, 1.807) is 6.33 Å². The molecule has 0 fully saturated rings. The molecule has 2 aromatic heterocycles. The summed E-state index contributed by atoms with van der Waals surface area (Å²) in [6.07, 6.45) is 3.13.